The zero-order valence-corrected chi connectivity index (χ0v) is 8.32. The molecule has 0 aliphatic heterocycles. The number of aliphatic hydroxyl groups excluding tert-OH is 1. The Hall–Kier alpha value is -1.14. The summed E-state index contributed by atoms with van der Waals surface area (Å²) in [5.41, 5.74) is 3.58. The quantitative estimate of drug-likeness (QED) is 0.430. The minimum absolute atomic E-state index is 0.0103. The molecule has 0 aliphatic rings. The van der Waals surface area contributed by atoms with Gasteiger partial charge in [-0.1, -0.05) is 13.8 Å². The van der Waals surface area contributed by atoms with Gasteiger partial charge in [-0.2, -0.15) is 0 Å². The van der Waals surface area contributed by atoms with E-state index >= 15 is 0 Å². The molecule has 0 saturated carbocycles. The second-order valence-corrected chi connectivity index (χ2v) is 3.41. The van der Waals surface area contributed by atoms with Crippen molar-refractivity contribution in [3.05, 3.63) is 0 Å². The number of nitrogens with one attached hydrogen (secondary N) is 1. The number of rotatable bonds is 5. The first-order valence-electron chi connectivity index (χ1n) is 4.35. The Morgan fingerprint density at radius 3 is 2.29 bits per heavy atom. The van der Waals surface area contributed by atoms with E-state index in [1.165, 1.54) is 0 Å². The molecule has 14 heavy (non-hydrogen) atoms. The maximum Gasteiger partial charge on any atom is 0.279 e. The zero-order valence-electron chi connectivity index (χ0n) is 8.32. The maximum atomic E-state index is 11.3. The predicted molar refractivity (Wildman–Crippen MR) is 45.5 cm³/mol. The first kappa shape index (κ1) is 12.9. The van der Waals surface area contributed by atoms with Gasteiger partial charge in [-0.3, -0.25) is 4.79 Å². The van der Waals surface area contributed by atoms with E-state index < -0.39 is 30.6 Å². The van der Waals surface area contributed by atoms with Crippen molar-refractivity contribution in [2.45, 2.75) is 25.9 Å². The fourth-order valence-electron chi connectivity index (χ4n) is 0.761. The van der Waals surface area contributed by atoms with Crippen molar-refractivity contribution in [3.63, 3.8) is 0 Å². The van der Waals surface area contributed by atoms with E-state index in [0.717, 1.165) is 0 Å². The average Bonchev–Trinajstić information content (AvgIpc) is 2.11. The van der Waals surface area contributed by atoms with E-state index in [0.29, 0.717) is 0 Å². The minimum atomic E-state index is -1.50. The van der Waals surface area contributed by atoms with Crippen LogP contribution in [0, 0.1) is 5.92 Å². The Bertz CT molecular complexity index is 217. The minimum Gasteiger partial charge on any atom is -0.548 e. The van der Waals surface area contributed by atoms with E-state index in [1.54, 1.807) is 13.8 Å². The molecule has 6 nitrogen and oxygen atoms in total. The van der Waals surface area contributed by atoms with Crippen LogP contribution in [0.25, 0.3) is 0 Å². The second kappa shape index (κ2) is 5.56. The number of hydrogen-bond acceptors (Lipinski definition) is 4. The molecule has 0 rings (SSSR count). The molecule has 0 aliphatic carbocycles. The van der Waals surface area contributed by atoms with Crippen LogP contribution in [-0.4, -0.2) is 35.7 Å². The molecule has 5 N–H and O–H groups in total. The topological polar surface area (TPSA) is 117 Å². The average molecular weight is 204 g/mol. The van der Waals surface area contributed by atoms with Crippen LogP contribution in [0.5, 0.6) is 0 Å². The van der Waals surface area contributed by atoms with Crippen molar-refractivity contribution in [2.24, 2.45) is 5.92 Å². The zero-order chi connectivity index (χ0) is 11.3. The van der Waals surface area contributed by atoms with Crippen molar-refractivity contribution in [1.29, 1.82) is 0 Å². The molecular weight excluding hydrogens is 188 g/mol. The second-order valence-electron chi connectivity index (χ2n) is 3.41. The third kappa shape index (κ3) is 3.71. The molecule has 0 unspecified atom stereocenters. The van der Waals surface area contributed by atoms with Crippen LogP contribution >= 0.6 is 0 Å². The van der Waals surface area contributed by atoms with Gasteiger partial charge in [-0.05, 0) is 0 Å². The molecule has 0 bridgehead atoms. The molecule has 82 valence electrons. The SMILES string of the molecule is CC(C)[C@H]([NH3+])C(=O)N[C@@H](CO)C(=O)[O-]. The van der Waals surface area contributed by atoms with Gasteiger partial charge in [0.05, 0.1) is 18.6 Å². The Kier molecular flexibility index (Phi) is 5.11. The molecule has 0 aromatic rings. The van der Waals surface area contributed by atoms with Gasteiger partial charge in [-0.15, -0.1) is 0 Å². The summed E-state index contributed by atoms with van der Waals surface area (Å²) in [4.78, 5) is 21.6. The van der Waals surface area contributed by atoms with Crippen molar-refractivity contribution in [3.8, 4) is 0 Å². The van der Waals surface area contributed by atoms with Gasteiger partial charge in [0.25, 0.3) is 5.91 Å². The summed E-state index contributed by atoms with van der Waals surface area (Å²) >= 11 is 0. The molecule has 0 saturated heterocycles. The van der Waals surface area contributed by atoms with Crippen LogP contribution in [0.15, 0.2) is 0 Å². The number of quaternary nitrogens is 1. The van der Waals surface area contributed by atoms with Crippen LogP contribution in [0.1, 0.15) is 13.8 Å². The first-order valence-corrected chi connectivity index (χ1v) is 4.35. The highest BCUT2D eigenvalue weighted by molar-refractivity contribution is 5.85. The van der Waals surface area contributed by atoms with E-state index in [-0.39, 0.29) is 5.92 Å². The largest absolute Gasteiger partial charge is 0.548 e. The van der Waals surface area contributed by atoms with Crippen LogP contribution in [-0.2, 0) is 9.59 Å². The summed E-state index contributed by atoms with van der Waals surface area (Å²) < 4.78 is 0. The van der Waals surface area contributed by atoms with E-state index in [2.05, 4.69) is 11.1 Å². The Balaban J connectivity index is 4.22. The third-order valence-corrected chi connectivity index (χ3v) is 1.93. The van der Waals surface area contributed by atoms with Crippen LogP contribution in [0.3, 0.4) is 0 Å². The molecule has 0 aromatic heterocycles. The molecule has 2 atom stereocenters. The van der Waals surface area contributed by atoms with Crippen molar-refractivity contribution in [1.82, 2.24) is 5.32 Å². The number of hydrogen-bond donors (Lipinski definition) is 3. The lowest BCUT2D eigenvalue weighted by Gasteiger charge is -2.19. The molecule has 0 spiro atoms. The summed E-state index contributed by atoms with van der Waals surface area (Å²) in [6.07, 6.45) is 0. The van der Waals surface area contributed by atoms with Crippen LogP contribution in [0.4, 0.5) is 0 Å². The van der Waals surface area contributed by atoms with E-state index in [1.807, 2.05) is 0 Å². The molecule has 0 aromatic carbocycles. The van der Waals surface area contributed by atoms with Crippen LogP contribution in [0.2, 0.25) is 0 Å². The van der Waals surface area contributed by atoms with Gasteiger partial charge in [-0.25, -0.2) is 0 Å². The molecular formula is C8H16N2O4. The number of carbonyl (C=O) groups is 2. The number of aliphatic hydroxyl groups is 1. The molecule has 0 heterocycles. The fourth-order valence-corrected chi connectivity index (χ4v) is 0.761. The highest BCUT2D eigenvalue weighted by Gasteiger charge is 2.23. The summed E-state index contributed by atoms with van der Waals surface area (Å²) in [5, 5.41) is 21.1. The van der Waals surface area contributed by atoms with Gasteiger partial charge >= 0.3 is 0 Å². The number of aliphatic carboxylic acids is 1. The molecule has 0 fully saturated rings. The van der Waals surface area contributed by atoms with Crippen LogP contribution < -0.4 is 16.2 Å². The van der Waals surface area contributed by atoms with Gasteiger partial charge in [0.1, 0.15) is 0 Å². The lowest BCUT2D eigenvalue weighted by Crippen LogP contribution is -2.71. The Morgan fingerprint density at radius 2 is 2.00 bits per heavy atom. The number of amides is 1. The van der Waals surface area contributed by atoms with Crippen molar-refractivity contribution < 1.29 is 25.5 Å². The summed E-state index contributed by atoms with van der Waals surface area (Å²) in [6.45, 7) is 2.91. The maximum absolute atomic E-state index is 11.3. The molecule has 6 heteroatoms. The fraction of sp³-hybridized carbons (Fsp3) is 0.750. The van der Waals surface area contributed by atoms with Crippen molar-refractivity contribution in [2.75, 3.05) is 6.61 Å². The lowest BCUT2D eigenvalue weighted by atomic mass is 10.0. The Labute approximate surface area is 82.1 Å². The third-order valence-electron chi connectivity index (χ3n) is 1.93. The summed E-state index contributed by atoms with van der Waals surface area (Å²) in [7, 11) is 0. The van der Waals surface area contributed by atoms with E-state index in [9.17, 15) is 14.7 Å². The van der Waals surface area contributed by atoms with Gasteiger partial charge in [0.15, 0.2) is 6.04 Å². The van der Waals surface area contributed by atoms with E-state index in [4.69, 9.17) is 5.11 Å². The van der Waals surface area contributed by atoms with Gasteiger partial charge in [0.2, 0.25) is 0 Å². The first-order chi connectivity index (χ1) is 6.40. The monoisotopic (exact) mass is 204 g/mol. The molecule has 1 amide bonds. The smallest absolute Gasteiger partial charge is 0.279 e. The highest BCUT2D eigenvalue weighted by Crippen LogP contribution is 1.96. The van der Waals surface area contributed by atoms with Crippen molar-refractivity contribution >= 4 is 11.9 Å². The highest BCUT2D eigenvalue weighted by atomic mass is 16.4. The normalized spacial score (nSPS) is 14.9. The number of carbonyl (C=O) groups excluding carboxylic acids is 2. The molecule has 0 radical (unpaired) electrons. The summed E-state index contributed by atoms with van der Waals surface area (Å²) in [6, 6.07) is -1.89. The van der Waals surface area contributed by atoms with Gasteiger partial charge in [0, 0.05) is 5.92 Å². The standard InChI is InChI=1S/C8H16N2O4/c1-4(2)6(9)7(12)10-5(3-11)8(13)14/h4-6,11H,3,9H2,1-2H3,(H,10,12)(H,13,14)/t5-,6-/m0/s1. The summed E-state index contributed by atoms with van der Waals surface area (Å²) in [5.74, 6) is -1.99. The lowest BCUT2D eigenvalue weighted by molar-refractivity contribution is -0.414. The predicted octanol–water partition coefficient (Wildman–Crippen LogP) is -3.52. The number of carboxylic acid groups (broad SMARTS) is 1. The number of carboxylic acids is 1. The van der Waals surface area contributed by atoms with Gasteiger partial charge < -0.3 is 26.1 Å². The Morgan fingerprint density at radius 1 is 1.50 bits per heavy atom.